The zero-order valence-corrected chi connectivity index (χ0v) is 10.9. The third-order valence-electron chi connectivity index (χ3n) is 1.96. The fourth-order valence-electron chi connectivity index (χ4n) is 1.19. The molecule has 0 amide bonds. The highest BCUT2D eigenvalue weighted by molar-refractivity contribution is 7.09. The average molecular weight is 290 g/mol. The summed E-state index contributed by atoms with van der Waals surface area (Å²) in [7, 11) is 0. The monoisotopic (exact) mass is 289 g/mol. The minimum atomic E-state index is 0.372. The van der Waals surface area contributed by atoms with Gasteiger partial charge in [-0.05, 0) is 6.07 Å². The van der Waals surface area contributed by atoms with E-state index in [-0.39, 0.29) is 0 Å². The van der Waals surface area contributed by atoms with Crippen LogP contribution in [0.1, 0.15) is 5.01 Å². The molecule has 4 N–H and O–H groups in total. The lowest BCUT2D eigenvalue weighted by Crippen LogP contribution is -2.11. The number of hydrazine groups is 1. The maximum absolute atomic E-state index is 6.00. The van der Waals surface area contributed by atoms with Gasteiger partial charge >= 0.3 is 0 Å². The van der Waals surface area contributed by atoms with E-state index in [0.29, 0.717) is 28.2 Å². The molecule has 0 unspecified atom stereocenters. The van der Waals surface area contributed by atoms with Crippen molar-refractivity contribution in [2.75, 3.05) is 10.7 Å². The van der Waals surface area contributed by atoms with Gasteiger partial charge in [0.25, 0.3) is 0 Å². The Morgan fingerprint density at radius 2 is 2.06 bits per heavy atom. The van der Waals surface area contributed by atoms with Crippen LogP contribution in [0.15, 0.2) is 17.6 Å². The van der Waals surface area contributed by atoms with Gasteiger partial charge < -0.3 is 10.7 Å². The van der Waals surface area contributed by atoms with Gasteiger partial charge in [0.1, 0.15) is 10.8 Å². The molecular formula is C9H9Cl2N5S. The SMILES string of the molecule is NNc1nc(NCc2nccs2)c(Cl)cc1Cl. The first kappa shape index (κ1) is 12.4. The van der Waals surface area contributed by atoms with E-state index in [2.05, 4.69) is 20.7 Å². The predicted molar refractivity (Wildman–Crippen MR) is 71.5 cm³/mol. The van der Waals surface area contributed by atoms with Gasteiger partial charge in [0.05, 0.1) is 16.6 Å². The molecule has 5 nitrogen and oxygen atoms in total. The Morgan fingerprint density at radius 3 is 2.71 bits per heavy atom. The second-order valence-corrected chi connectivity index (χ2v) is 4.87. The molecule has 0 saturated carbocycles. The standard InChI is InChI=1S/C9H9Cl2N5S/c10-5-3-6(11)9(16-12)15-8(5)14-4-7-13-1-2-17-7/h1-3H,4,12H2,(H2,14,15,16). The summed E-state index contributed by atoms with van der Waals surface area (Å²) in [6.07, 6.45) is 1.74. The van der Waals surface area contributed by atoms with E-state index in [1.807, 2.05) is 5.38 Å². The van der Waals surface area contributed by atoms with Crippen molar-refractivity contribution in [2.24, 2.45) is 5.84 Å². The summed E-state index contributed by atoms with van der Waals surface area (Å²) in [6, 6.07) is 1.58. The number of nitrogen functional groups attached to an aromatic ring is 1. The molecule has 8 heteroatoms. The topological polar surface area (TPSA) is 75.9 Å². The van der Waals surface area contributed by atoms with Crippen LogP contribution in [-0.2, 0) is 6.54 Å². The summed E-state index contributed by atoms with van der Waals surface area (Å²) < 4.78 is 0. The van der Waals surface area contributed by atoms with Crippen LogP contribution in [0.25, 0.3) is 0 Å². The first-order valence-electron chi connectivity index (χ1n) is 4.65. The van der Waals surface area contributed by atoms with Gasteiger partial charge in [-0.15, -0.1) is 11.3 Å². The molecule has 0 bridgehead atoms. The van der Waals surface area contributed by atoms with E-state index in [1.165, 1.54) is 0 Å². The Labute approximate surface area is 112 Å². The van der Waals surface area contributed by atoms with E-state index in [9.17, 15) is 0 Å². The zero-order valence-electron chi connectivity index (χ0n) is 8.58. The van der Waals surface area contributed by atoms with Crippen molar-refractivity contribution < 1.29 is 0 Å². The summed E-state index contributed by atoms with van der Waals surface area (Å²) in [5, 5.41) is 6.72. The third-order valence-corrected chi connectivity index (χ3v) is 3.31. The molecule has 90 valence electrons. The number of aromatic nitrogens is 2. The molecule has 0 fully saturated rings. The van der Waals surface area contributed by atoms with E-state index in [4.69, 9.17) is 29.0 Å². The van der Waals surface area contributed by atoms with Gasteiger partial charge in [-0.1, -0.05) is 23.2 Å². The van der Waals surface area contributed by atoms with Crippen molar-refractivity contribution in [3.8, 4) is 0 Å². The van der Waals surface area contributed by atoms with Crippen molar-refractivity contribution in [2.45, 2.75) is 6.54 Å². The highest BCUT2D eigenvalue weighted by Crippen LogP contribution is 2.28. The number of rotatable bonds is 4. The summed E-state index contributed by atoms with van der Waals surface area (Å²) in [6.45, 7) is 0.552. The third kappa shape index (κ3) is 2.98. The summed E-state index contributed by atoms with van der Waals surface area (Å²) in [4.78, 5) is 8.30. The highest BCUT2D eigenvalue weighted by Gasteiger charge is 2.08. The van der Waals surface area contributed by atoms with Crippen molar-refractivity contribution in [1.29, 1.82) is 0 Å². The molecule has 0 aromatic carbocycles. The molecule has 2 aromatic rings. The maximum Gasteiger partial charge on any atom is 0.161 e. The summed E-state index contributed by atoms with van der Waals surface area (Å²) >= 11 is 13.4. The van der Waals surface area contributed by atoms with Crippen LogP contribution in [0.5, 0.6) is 0 Å². The van der Waals surface area contributed by atoms with Gasteiger partial charge in [-0.25, -0.2) is 15.8 Å². The fraction of sp³-hybridized carbons (Fsp3) is 0.111. The van der Waals surface area contributed by atoms with Crippen molar-refractivity contribution in [1.82, 2.24) is 9.97 Å². The normalized spacial score (nSPS) is 10.3. The number of pyridine rings is 1. The van der Waals surface area contributed by atoms with Crippen LogP contribution < -0.4 is 16.6 Å². The second-order valence-electron chi connectivity index (χ2n) is 3.07. The molecule has 2 aromatic heterocycles. The van der Waals surface area contributed by atoms with Crippen LogP contribution in [0.2, 0.25) is 10.0 Å². The van der Waals surface area contributed by atoms with E-state index >= 15 is 0 Å². The van der Waals surface area contributed by atoms with Crippen LogP contribution in [0, 0.1) is 0 Å². The number of hydrogen-bond acceptors (Lipinski definition) is 6. The molecule has 17 heavy (non-hydrogen) atoms. The Bertz CT molecular complexity index is 502. The smallest absolute Gasteiger partial charge is 0.161 e. The van der Waals surface area contributed by atoms with E-state index in [1.54, 1.807) is 23.6 Å². The summed E-state index contributed by atoms with van der Waals surface area (Å²) in [5.41, 5.74) is 2.40. The Morgan fingerprint density at radius 1 is 1.29 bits per heavy atom. The maximum atomic E-state index is 6.00. The quantitative estimate of drug-likeness (QED) is 0.596. The minimum absolute atomic E-state index is 0.372. The molecule has 0 atom stereocenters. The van der Waals surface area contributed by atoms with Gasteiger partial charge in [0.2, 0.25) is 0 Å². The number of nitrogens with one attached hydrogen (secondary N) is 2. The predicted octanol–water partition coefficient (Wildman–Crippen LogP) is 2.74. The van der Waals surface area contributed by atoms with Crippen molar-refractivity contribution >= 4 is 46.2 Å². The number of anilines is 2. The van der Waals surface area contributed by atoms with Gasteiger partial charge in [-0.3, -0.25) is 0 Å². The molecule has 0 saturated heterocycles. The highest BCUT2D eigenvalue weighted by atomic mass is 35.5. The first-order chi connectivity index (χ1) is 8.20. The number of nitrogens with two attached hydrogens (primary N) is 1. The first-order valence-corrected chi connectivity index (χ1v) is 6.29. The van der Waals surface area contributed by atoms with Crippen molar-refractivity contribution in [3.63, 3.8) is 0 Å². The van der Waals surface area contributed by atoms with E-state index < -0.39 is 0 Å². The van der Waals surface area contributed by atoms with Crippen LogP contribution >= 0.6 is 34.5 Å². The minimum Gasteiger partial charge on any atom is -0.362 e. The molecule has 0 aliphatic heterocycles. The lowest BCUT2D eigenvalue weighted by Gasteiger charge is -2.09. The molecule has 2 rings (SSSR count). The van der Waals surface area contributed by atoms with Crippen LogP contribution in [0.4, 0.5) is 11.6 Å². The lowest BCUT2D eigenvalue weighted by atomic mass is 10.4. The lowest BCUT2D eigenvalue weighted by molar-refractivity contribution is 1.07. The molecule has 0 aliphatic rings. The molecule has 0 radical (unpaired) electrons. The number of halogens is 2. The number of nitrogens with zero attached hydrogens (tertiary/aromatic N) is 2. The molecule has 0 aliphatic carbocycles. The number of thiazole rings is 1. The van der Waals surface area contributed by atoms with Crippen LogP contribution in [-0.4, -0.2) is 9.97 Å². The van der Waals surface area contributed by atoms with Crippen molar-refractivity contribution in [3.05, 3.63) is 32.7 Å². The molecular weight excluding hydrogens is 281 g/mol. The largest absolute Gasteiger partial charge is 0.362 e. The Balaban J connectivity index is 2.15. The summed E-state index contributed by atoms with van der Waals surface area (Å²) in [5.74, 6) is 6.17. The molecule has 0 spiro atoms. The van der Waals surface area contributed by atoms with Crippen LogP contribution in [0.3, 0.4) is 0 Å². The Hall–Kier alpha value is -1.08. The average Bonchev–Trinajstić information content (AvgIpc) is 2.81. The Kier molecular flexibility index (Phi) is 4.01. The second kappa shape index (κ2) is 5.50. The fourth-order valence-corrected chi connectivity index (χ4v) is 2.23. The van der Waals surface area contributed by atoms with Gasteiger partial charge in [0, 0.05) is 11.6 Å². The molecule has 2 heterocycles. The van der Waals surface area contributed by atoms with Gasteiger partial charge in [0.15, 0.2) is 5.82 Å². The number of hydrogen-bond donors (Lipinski definition) is 3. The zero-order chi connectivity index (χ0) is 12.3. The van der Waals surface area contributed by atoms with E-state index in [0.717, 1.165) is 5.01 Å². The van der Waals surface area contributed by atoms with Gasteiger partial charge in [-0.2, -0.15) is 0 Å².